The molecule has 0 aromatic heterocycles. The van der Waals surface area contributed by atoms with Gasteiger partial charge in [-0.2, -0.15) is 0 Å². The molecule has 76 valence electrons. The lowest BCUT2D eigenvalue weighted by Crippen LogP contribution is -2.17. The van der Waals surface area contributed by atoms with E-state index in [9.17, 15) is 10.2 Å². The summed E-state index contributed by atoms with van der Waals surface area (Å²) in [6, 6.07) is 2.97. The summed E-state index contributed by atoms with van der Waals surface area (Å²) in [5.74, 6) is 1.10. The van der Waals surface area contributed by atoms with Crippen molar-refractivity contribution in [3.05, 3.63) is 17.7 Å². The van der Waals surface area contributed by atoms with Crippen LogP contribution >= 0.6 is 0 Å². The quantitative estimate of drug-likeness (QED) is 0.709. The number of hydrogen-bond donors (Lipinski definition) is 2. The molecule has 1 atom stereocenters. The largest absolute Gasteiger partial charge is 0.508 e. The van der Waals surface area contributed by atoms with E-state index in [0.717, 1.165) is 0 Å². The summed E-state index contributed by atoms with van der Waals surface area (Å²) in [5, 5.41) is 18.8. The number of aromatic hydroxyl groups is 1. The van der Waals surface area contributed by atoms with E-state index < -0.39 is 6.10 Å². The zero-order valence-corrected chi connectivity index (χ0v) is 7.86. The maximum atomic E-state index is 9.46. The standard InChI is InChI=1S/C10H12O4/c1-6(11)8-4-7(12)5-9-10(8)14-3-2-13-9/h4-6,11-12H,2-3H2,1H3. The van der Waals surface area contributed by atoms with Crippen molar-refractivity contribution < 1.29 is 19.7 Å². The Morgan fingerprint density at radius 3 is 2.71 bits per heavy atom. The summed E-state index contributed by atoms with van der Waals surface area (Å²) in [6.45, 7) is 2.56. The van der Waals surface area contributed by atoms with Crippen LogP contribution in [0.15, 0.2) is 12.1 Å². The van der Waals surface area contributed by atoms with Crippen molar-refractivity contribution in [2.45, 2.75) is 13.0 Å². The number of aliphatic hydroxyl groups is 1. The van der Waals surface area contributed by atoms with Gasteiger partial charge in [-0.15, -0.1) is 0 Å². The first-order valence-electron chi connectivity index (χ1n) is 4.49. The van der Waals surface area contributed by atoms with Crippen molar-refractivity contribution in [2.24, 2.45) is 0 Å². The lowest BCUT2D eigenvalue weighted by Gasteiger charge is -2.22. The molecule has 0 saturated carbocycles. The van der Waals surface area contributed by atoms with Crippen molar-refractivity contribution in [2.75, 3.05) is 13.2 Å². The molecule has 1 aliphatic rings. The van der Waals surface area contributed by atoms with E-state index in [4.69, 9.17) is 9.47 Å². The SMILES string of the molecule is CC(O)c1cc(O)cc2c1OCCO2. The third-order valence-electron chi connectivity index (χ3n) is 2.11. The first kappa shape index (κ1) is 9.15. The number of ether oxygens (including phenoxy) is 2. The van der Waals surface area contributed by atoms with Crippen LogP contribution in [0.3, 0.4) is 0 Å². The monoisotopic (exact) mass is 196 g/mol. The van der Waals surface area contributed by atoms with Crippen molar-refractivity contribution >= 4 is 0 Å². The molecule has 0 aliphatic carbocycles. The van der Waals surface area contributed by atoms with Gasteiger partial charge in [0, 0.05) is 11.6 Å². The van der Waals surface area contributed by atoms with E-state index in [1.165, 1.54) is 12.1 Å². The van der Waals surface area contributed by atoms with Crippen LogP contribution in [-0.2, 0) is 0 Å². The Balaban J connectivity index is 2.52. The Bertz CT molecular complexity index is 346. The molecular formula is C10H12O4. The first-order valence-corrected chi connectivity index (χ1v) is 4.49. The van der Waals surface area contributed by atoms with Crippen LogP contribution in [0, 0.1) is 0 Å². The minimum Gasteiger partial charge on any atom is -0.508 e. The number of fused-ring (bicyclic) bond motifs is 1. The topological polar surface area (TPSA) is 58.9 Å². The fourth-order valence-electron chi connectivity index (χ4n) is 1.48. The first-order chi connectivity index (χ1) is 6.68. The number of rotatable bonds is 1. The molecule has 4 nitrogen and oxygen atoms in total. The highest BCUT2D eigenvalue weighted by Crippen LogP contribution is 2.40. The fourth-order valence-corrected chi connectivity index (χ4v) is 1.48. The third-order valence-corrected chi connectivity index (χ3v) is 2.11. The molecule has 0 radical (unpaired) electrons. The van der Waals surface area contributed by atoms with Gasteiger partial charge in [-0.3, -0.25) is 0 Å². The van der Waals surface area contributed by atoms with Gasteiger partial charge >= 0.3 is 0 Å². The summed E-state index contributed by atoms with van der Waals surface area (Å²) in [6.07, 6.45) is -0.683. The predicted molar refractivity (Wildman–Crippen MR) is 49.7 cm³/mol. The van der Waals surface area contributed by atoms with Crippen LogP contribution in [0.2, 0.25) is 0 Å². The summed E-state index contributed by atoms with van der Waals surface area (Å²) in [5.41, 5.74) is 0.555. The molecule has 1 unspecified atom stereocenters. The van der Waals surface area contributed by atoms with Gasteiger partial charge in [0.1, 0.15) is 19.0 Å². The van der Waals surface area contributed by atoms with Crippen molar-refractivity contribution in [3.63, 3.8) is 0 Å². The molecule has 1 heterocycles. The molecule has 1 aromatic rings. The zero-order valence-electron chi connectivity index (χ0n) is 7.86. The van der Waals surface area contributed by atoms with Crippen molar-refractivity contribution in [1.82, 2.24) is 0 Å². The molecule has 0 fully saturated rings. The second kappa shape index (κ2) is 3.38. The highest BCUT2D eigenvalue weighted by Gasteiger charge is 2.19. The van der Waals surface area contributed by atoms with E-state index in [1.807, 2.05) is 0 Å². The molecule has 0 saturated heterocycles. The smallest absolute Gasteiger partial charge is 0.167 e. The minimum atomic E-state index is -0.683. The summed E-state index contributed by atoms with van der Waals surface area (Å²) < 4.78 is 10.7. The molecule has 4 heteroatoms. The molecular weight excluding hydrogens is 184 g/mol. The Hall–Kier alpha value is -1.42. The highest BCUT2D eigenvalue weighted by molar-refractivity contribution is 5.52. The van der Waals surface area contributed by atoms with E-state index in [2.05, 4.69) is 0 Å². The van der Waals surface area contributed by atoms with E-state index >= 15 is 0 Å². The number of aliphatic hydroxyl groups excluding tert-OH is 1. The predicted octanol–water partition coefficient (Wildman–Crippen LogP) is 1.22. The molecule has 1 aliphatic heterocycles. The zero-order chi connectivity index (χ0) is 10.1. The van der Waals surface area contributed by atoms with E-state index in [-0.39, 0.29) is 5.75 Å². The maximum absolute atomic E-state index is 9.46. The van der Waals surface area contributed by atoms with Crippen LogP contribution in [0.1, 0.15) is 18.6 Å². The summed E-state index contributed by atoms with van der Waals surface area (Å²) in [7, 11) is 0. The summed E-state index contributed by atoms with van der Waals surface area (Å²) in [4.78, 5) is 0. The molecule has 0 bridgehead atoms. The lowest BCUT2D eigenvalue weighted by atomic mass is 10.1. The van der Waals surface area contributed by atoms with Crippen LogP contribution < -0.4 is 9.47 Å². The molecule has 2 N–H and O–H groups in total. The second-order valence-electron chi connectivity index (χ2n) is 3.24. The number of phenols is 1. The second-order valence-corrected chi connectivity index (χ2v) is 3.24. The Labute approximate surface area is 81.7 Å². The fraction of sp³-hybridized carbons (Fsp3) is 0.400. The Morgan fingerprint density at radius 1 is 1.29 bits per heavy atom. The molecule has 2 rings (SSSR count). The van der Waals surface area contributed by atoms with Gasteiger partial charge in [0.2, 0.25) is 0 Å². The van der Waals surface area contributed by atoms with Crippen LogP contribution in [0.5, 0.6) is 17.2 Å². The molecule has 0 amide bonds. The van der Waals surface area contributed by atoms with Gasteiger partial charge in [0.15, 0.2) is 11.5 Å². The van der Waals surface area contributed by atoms with E-state index in [1.54, 1.807) is 6.92 Å². The van der Waals surface area contributed by atoms with Gasteiger partial charge in [-0.25, -0.2) is 0 Å². The van der Waals surface area contributed by atoms with Crippen LogP contribution in [-0.4, -0.2) is 23.4 Å². The average molecular weight is 196 g/mol. The van der Waals surface area contributed by atoms with Gasteiger partial charge in [-0.05, 0) is 13.0 Å². The lowest BCUT2D eigenvalue weighted by molar-refractivity contribution is 0.152. The maximum Gasteiger partial charge on any atom is 0.167 e. The normalized spacial score (nSPS) is 16.4. The Kier molecular flexibility index (Phi) is 2.21. The molecule has 14 heavy (non-hydrogen) atoms. The average Bonchev–Trinajstić information content (AvgIpc) is 2.16. The van der Waals surface area contributed by atoms with Gasteiger partial charge < -0.3 is 19.7 Å². The Morgan fingerprint density at radius 2 is 2.00 bits per heavy atom. The number of benzene rings is 1. The molecule has 1 aromatic carbocycles. The third kappa shape index (κ3) is 1.48. The highest BCUT2D eigenvalue weighted by atomic mass is 16.6. The van der Waals surface area contributed by atoms with Gasteiger partial charge in [-0.1, -0.05) is 0 Å². The van der Waals surface area contributed by atoms with Crippen LogP contribution in [0.25, 0.3) is 0 Å². The van der Waals surface area contributed by atoms with Gasteiger partial charge in [0.25, 0.3) is 0 Å². The minimum absolute atomic E-state index is 0.0742. The van der Waals surface area contributed by atoms with Crippen molar-refractivity contribution in [3.8, 4) is 17.2 Å². The number of phenolic OH excluding ortho intramolecular Hbond substituents is 1. The molecule has 0 spiro atoms. The van der Waals surface area contributed by atoms with Crippen molar-refractivity contribution in [1.29, 1.82) is 0 Å². The van der Waals surface area contributed by atoms with E-state index in [0.29, 0.717) is 30.3 Å². The van der Waals surface area contributed by atoms with Gasteiger partial charge in [0.05, 0.1) is 6.10 Å². The number of hydrogen-bond acceptors (Lipinski definition) is 4. The van der Waals surface area contributed by atoms with Crippen LogP contribution in [0.4, 0.5) is 0 Å². The summed E-state index contributed by atoms with van der Waals surface area (Å²) >= 11 is 0.